The number of rotatable bonds is 2. The third-order valence-electron chi connectivity index (χ3n) is 3.75. The molecule has 14 heavy (non-hydrogen) atoms. The molecule has 1 aliphatic heterocycles. The van der Waals surface area contributed by atoms with Crippen LogP contribution in [0.1, 0.15) is 40.5 Å². The molecule has 1 saturated heterocycles. The zero-order valence-corrected chi connectivity index (χ0v) is 10.4. The van der Waals surface area contributed by atoms with Crippen molar-refractivity contribution in [1.82, 2.24) is 10.2 Å². The van der Waals surface area contributed by atoms with Gasteiger partial charge in [-0.2, -0.15) is 0 Å². The summed E-state index contributed by atoms with van der Waals surface area (Å²) in [4.78, 5) is 2.57. The summed E-state index contributed by atoms with van der Waals surface area (Å²) in [5, 5.41) is 3.42. The Bertz CT molecular complexity index is 166. The lowest BCUT2D eigenvalue weighted by Crippen LogP contribution is -2.49. The summed E-state index contributed by atoms with van der Waals surface area (Å²) in [6.07, 6.45) is 2.60. The second-order valence-electron chi connectivity index (χ2n) is 5.69. The third kappa shape index (κ3) is 2.96. The molecule has 1 rings (SSSR count). The number of hydrogen-bond acceptors (Lipinski definition) is 2. The lowest BCUT2D eigenvalue weighted by Gasteiger charge is -2.41. The number of hydrogen-bond donors (Lipinski definition) is 1. The van der Waals surface area contributed by atoms with Gasteiger partial charge in [0.15, 0.2) is 0 Å². The summed E-state index contributed by atoms with van der Waals surface area (Å²) < 4.78 is 0. The topological polar surface area (TPSA) is 15.3 Å². The molecular weight excluding hydrogens is 172 g/mol. The van der Waals surface area contributed by atoms with Gasteiger partial charge in [-0.3, -0.25) is 0 Å². The third-order valence-corrected chi connectivity index (χ3v) is 3.75. The van der Waals surface area contributed by atoms with E-state index in [1.54, 1.807) is 0 Å². The fourth-order valence-corrected chi connectivity index (χ4v) is 2.14. The van der Waals surface area contributed by atoms with Crippen molar-refractivity contribution in [1.29, 1.82) is 0 Å². The van der Waals surface area contributed by atoms with Crippen LogP contribution in [0.3, 0.4) is 0 Å². The van der Waals surface area contributed by atoms with Crippen LogP contribution in [-0.2, 0) is 0 Å². The highest BCUT2D eigenvalue weighted by Crippen LogP contribution is 2.26. The highest BCUT2D eigenvalue weighted by Gasteiger charge is 2.28. The van der Waals surface area contributed by atoms with Gasteiger partial charge in [-0.25, -0.2) is 0 Å². The first kappa shape index (κ1) is 12.0. The predicted molar refractivity (Wildman–Crippen MR) is 62.6 cm³/mol. The summed E-state index contributed by atoms with van der Waals surface area (Å²) in [7, 11) is 2.28. The quantitative estimate of drug-likeness (QED) is 0.731. The van der Waals surface area contributed by atoms with Crippen molar-refractivity contribution in [3.8, 4) is 0 Å². The second kappa shape index (κ2) is 4.63. The zero-order valence-electron chi connectivity index (χ0n) is 10.4. The van der Waals surface area contributed by atoms with Gasteiger partial charge in [0.05, 0.1) is 0 Å². The van der Waals surface area contributed by atoms with E-state index in [2.05, 4.69) is 45.0 Å². The summed E-state index contributed by atoms with van der Waals surface area (Å²) >= 11 is 0. The van der Waals surface area contributed by atoms with Gasteiger partial charge in [0, 0.05) is 12.1 Å². The normalized spacial score (nSPS) is 22.7. The minimum absolute atomic E-state index is 0.389. The maximum Gasteiger partial charge on any atom is 0.0119 e. The fourth-order valence-electron chi connectivity index (χ4n) is 2.14. The van der Waals surface area contributed by atoms with Crippen molar-refractivity contribution in [3.05, 3.63) is 0 Å². The Hall–Kier alpha value is -0.0800. The highest BCUT2D eigenvalue weighted by molar-refractivity contribution is 4.84. The Morgan fingerprint density at radius 3 is 2.14 bits per heavy atom. The van der Waals surface area contributed by atoms with Gasteiger partial charge in [-0.05, 0) is 45.3 Å². The van der Waals surface area contributed by atoms with Crippen LogP contribution in [-0.4, -0.2) is 37.1 Å². The molecule has 1 aliphatic rings. The van der Waals surface area contributed by atoms with Crippen LogP contribution in [0.15, 0.2) is 0 Å². The highest BCUT2D eigenvalue weighted by atomic mass is 15.2. The molecule has 0 amide bonds. The molecule has 1 unspecified atom stereocenters. The maximum absolute atomic E-state index is 3.42. The van der Waals surface area contributed by atoms with Gasteiger partial charge in [-0.15, -0.1) is 0 Å². The van der Waals surface area contributed by atoms with Crippen LogP contribution < -0.4 is 5.32 Å². The molecule has 2 heteroatoms. The molecule has 1 atom stereocenters. The minimum Gasteiger partial charge on any atom is -0.317 e. The average Bonchev–Trinajstić information content (AvgIpc) is 2.15. The first-order valence-electron chi connectivity index (χ1n) is 5.85. The Balaban J connectivity index is 2.50. The van der Waals surface area contributed by atoms with Gasteiger partial charge in [0.2, 0.25) is 0 Å². The smallest absolute Gasteiger partial charge is 0.0119 e. The van der Waals surface area contributed by atoms with Crippen molar-refractivity contribution in [2.45, 2.75) is 52.6 Å². The summed E-state index contributed by atoms with van der Waals surface area (Å²) in [6.45, 7) is 11.7. The van der Waals surface area contributed by atoms with Crippen molar-refractivity contribution >= 4 is 0 Å². The molecule has 84 valence electrons. The molecule has 0 aromatic rings. The van der Waals surface area contributed by atoms with Gasteiger partial charge >= 0.3 is 0 Å². The fraction of sp³-hybridized carbons (Fsp3) is 1.00. The Morgan fingerprint density at radius 1 is 1.21 bits per heavy atom. The van der Waals surface area contributed by atoms with E-state index in [4.69, 9.17) is 0 Å². The zero-order chi connectivity index (χ0) is 10.8. The molecule has 0 saturated carbocycles. The SMILES string of the molecule is CC(N(C)C1CCNCC1)C(C)(C)C. The number of nitrogens with zero attached hydrogens (tertiary/aromatic N) is 1. The van der Waals surface area contributed by atoms with E-state index in [0.29, 0.717) is 11.5 Å². The number of piperidine rings is 1. The molecule has 0 spiro atoms. The van der Waals surface area contributed by atoms with Crippen molar-refractivity contribution < 1.29 is 0 Å². The maximum atomic E-state index is 3.42. The van der Waals surface area contributed by atoms with Crippen LogP contribution in [0.2, 0.25) is 0 Å². The molecule has 1 heterocycles. The van der Waals surface area contributed by atoms with E-state index in [1.165, 1.54) is 25.9 Å². The van der Waals surface area contributed by atoms with Gasteiger partial charge < -0.3 is 10.2 Å². The van der Waals surface area contributed by atoms with E-state index in [-0.39, 0.29) is 0 Å². The van der Waals surface area contributed by atoms with Gasteiger partial charge in [-0.1, -0.05) is 20.8 Å². The standard InChI is InChI=1S/C12H26N2/c1-10(12(2,3)4)14(5)11-6-8-13-9-7-11/h10-11,13H,6-9H2,1-5H3. The summed E-state index contributed by atoms with van der Waals surface area (Å²) in [5.74, 6) is 0. The minimum atomic E-state index is 0.389. The summed E-state index contributed by atoms with van der Waals surface area (Å²) in [5.41, 5.74) is 0.389. The molecule has 0 radical (unpaired) electrons. The van der Waals surface area contributed by atoms with Gasteiger partial charge in [0.1, 0.15) is 0 Å². The molecule has 2 nitrogen and oxygen atoms in total. The van der Waals surface area contributed by atoms with Crippen LogP contribution in [0, 0.1) is 5.41 Å². The molecule has 0 bridgehead atoms. The van der Waals surface area contributed by atoms with E-state index >= 15 is 0 Å². The monoisotopic (exact) mass is 198 g/mol. The first-order valence-corrected chi connectivity index (χ1v) is 5.85. The van der Waals surface area contributed by atoms with E-state index < -0.39 is 0 Å². The Kier molecular flexibility index (Phi) is 3.96. The second-order valence-corrected chi connectivity index (χ2v) is 5.69. The van der Waals surface area contributed by atoms with Crippen LogP contribution >= 0.6 is 0 Å². The van der Waals surface area contributed by atoms with Crippen molar-refractivity contribution in [2.24, 2.45) is 5.41 Å². The number of nitrogens with one attached hydrogen (secondary N) is 1. The van der Waals surface area contributed by atoms with E-state index in [1.807, 2.05) is 0 Å². The van der Waals surface area contributed by atoms with Crippen molar-refractivity contribution in [3.63, 3.8) is 0 Å². The van der Waals surface area contributed by atoms with Crippen LogP contribution in [0.25, 0.3) is 0 Å². The first-order chi connectivity index (χ1) is 6.43. The molecule has 1 N–H and O–H groups in total. The van der Waals surface area contributed by atoms with Crippen LogP contribution in [0.5, 0.6) is 0 Å². The van der Waals surface area contributed by atoms with E-state index in [9.17, 15) is 0 Å². The van der Waals surface area contributed by atoms with Crippen molar-refractivity contribution in [2.75, 3.05) is 20.1 Å². The molecule has 0 aromatic carbocycles. The van der Waals surface area contributed by atoms with E-state index in [0.717, 1.165) is 6.04 Å². The lowest BCUT2D eigenvalue weighted by atomic mass is 9.85. The predicted octanol–water partition coefficient (Wildman–Crippen LogP) is 2.10. The Labute approximate surface area is 89.1 Å². The molecule has 1 fully saturated rings. The van der Waals surface area contributed by atoms with Gasteiger partial charge in [0.25, 0.3) is 0 Å². The largest absolute Gasteiger partial charge is 0.317 e. The molecule has 0 aliphatic carbocycles. The average molecular weight is 198 g/mol. The van der Waals surface area contributed by atoms with Crippen LogP contribution in [0.4, 0.5) is 0 Å². The summed E-state index contributed by atoms with van der Waals surface area (Å²) in [6, 6.07) is 1.44. The Morgan fingerprint density at radius 2 is 1.71 bits per heavy atom. The lowest BCUT2D eigenvalue weighted by molar-refractivity contribution is 0.0813. The molecule has 0 aromatic heterocycles. The molecular formula is C12H26N2.